The fourth-order valence-corrected chi connectivity index (χ4v) is 10.7. The minimum Gasteiger partial charge on any atom is -0.461 e. The van der Waals surface area contributed by atoms with E-state index in [2.05, 4.69) is 10.3 Å². The van der Waals surface area contributed by atoms with Gasteiger partial charge < -0.3 is 30.7 Å². The third-order valence-electron chi connectivity index (χ3n) is 14.0. The number of pyridine rings is 1. The molecule has 0 bridgehead atoms. The van der Waals surface area contributed by atoms with Crippen LogP contribution >= 0.6 is 0 Å². The molecule has 1 heterocycles. The van der Waals surface area contributed by atoms with Crippen molar-refractivity contribution in [1.82, 2.24) is 4.98 Å². The van der Waals surface area contributed by atoms with Crippen LogP contribution in [0.2, 0.25) is 0 Å². The van der Waals surface area contributed by atoms with Gasteiger partial charge in [-0.25, -0.2) is 4.39 Å². The Bertz CT molecular complexity index is 2230. The van der Waals surface area contributed by atoms with Gasteiger partial charge in [-0.15, -0.1) is 0 Å². The fourth-order valence-electron chi connectivity index (χ4n) is 10.7. The van der Waals surface area contributed by atoms with Gasteiger partial charge >= 0.3 is 11.9 Å². The molecule has 3 aromatic rings. The van der Waals surface area contributed by atoms with E-state index in [-0.39, 0.29) is 50.5 Å². The summed E-state index contributed by atoms with van der Waals surface area (Å²) in [5.74, 6) is -4.76. The van der Waals surface area contributed by atoms with E-state index in [1.54, 1.807) is 69.6 Å². The summed E-state index contributed by atoms with van der Waals surface area (Å²) in [6, 6.07) is 14.4. The SMILES string of the molecule is C[C@@H]1C[C@H]2[C@@H]3CCC4=CC(=O)C=C[C@]4(C)[C@@]3(F)[C@@H](O)C[C@]2(C)[C@@]1(O)C(=O)COC(=O)CCCC(=O)OCc1ccc([C@@H](CN)C(=O)Nc2ccc3cnccc3c2)cc1. The summed E-state index contributed by atoms with van der Waals surface area (Å²) < 4.78 is 28.1. The molecule has 4 aliphatic rings. The number of nitrogens with one attached hydrogen (secondary N) is 1. The zero-order valence-corrected chi connectivity index (χ0v) is 33.6. The number of allylic oxidation sites excluding steroid dienone is 4. The van der Waals surface area contributed by atoms with Crippen LogP contribution in [0.1, 0.15) is 82.8 Å². The highest BCUT2D eigenvalue weighted by Gasteiger charge is 2.75. The van der Waals surface area contributed by atoms with Crippen molar-refractivity contribution >= 4 is 45.9 Å². The van der Waals surface area contributed by atoms with Gasteiger partial charge in [0.25, 0.3) is 0 Å². The third kappa shape index (κ3) is 7.31. The molecular formula is C46H52FN3O9. The summed E-state index contributed by atoms with van der Waals surface area (Å²) in [4.78, 5) is 68.3. The number of halogens is 1. The lowest BCUT2D eigenvalue weighted by molar-refractivity contribution is -0.220. The minimum atomic E-state index is -2.10. The number of rotatable bonds is 13. The molecule has 7 rings (SSSR count). The van der Waals surface area contributed by atoms with Crippen LogP contribution in [0.25, 0.3) is 10.8 Å². The number of hydrogen-bond donors (Lipinski definition) is 4. The number of amides is 1. The molecule has 2 aromatic carbocycles. The van der Waals surface area contributed by atoms with Gasteiger partial charge in [-0.2, -0.15) is 0 Å². The highest BCUT2D eigenvalue weighted by atomic mass is 19.1. The Morgan fingerprint density at radius 2 is 1.75 bits per heavy atom. The second-order valence-electron chi connectivity index (χ2n) is 17.2. The van der Waals surface area contributed by atoms with E-state index in [9.17, 15) is 34.2 Å². The molecule has 0 spiro atoms. The Morgan fingerprint density at radius 3 is 2.47 bits per heavy atom. The molecule has 312 valence electrons. The standard InChI is InChI=1S/C46H52FN3O9/c1-27-19-37-36-14-12-32-21-34(51)15-17-43(32,2)45(36,47)38(52)22-44(37,3)46(27,57)39(53)26-59-41(55)6-4-5-40(54)58-25-28-7-9-29(10-8-28)35(23-48)42(56)50-33-13-11-31-24-49-18-16-30(31)20-33/h7-11,13,15-18,20-21,24,27,35-38,52,57H,4-6,12,14,19,22-23,25-26,48H2,1-3H3,(H,50,56)/t27-,35-,36+,37+,38+,43+,44+,45+,46+/m1/s1. The largest absolute Gasteiger partial charge is 0.461 e. The molecule has 0 saturated heterocycles. The topological polar surface area (TPSA) is 195 Å². The average Bonchev–Trinajstić information content (AvgIpc) is 3.41. The number of fused-ring (bicyclic) bond motifs is 6. The first kappa shape index (κ1) is 42.0. The van der Waals surface area contributed by atoms with E-state index in [1.165, 1.54) is 12.2 Å². The Kier molecular flexibility index (Phi) is 11.5. The summed E-state index contributed by atoms with van der Waals surface area (Å²) in [6.45, 7) is 4.53. The highest BCUT2D eigenvalue weighted by molar-refractivity contribution is 6.01. The number of carbonyl (C=O) groups excluding carboxylic acids is 5. The van der Waals surface area contributed by atoms with Gasteiger partial charge in [-0.05, 0) is 97.7 Å². The first-order valence-electron chi connectivity index (χ1n) is 20.4. The van der Waals surface area contributed by atoms with E-state index < -0.39 is 76.2 Å². The van der Waals surface area contributed by atoms with Gasteiger partial charge in [-0.3, -0.25) is 29.0 Å². The van der Waals surface area contributed by atoms with Gasteiger partial charge in [-0.1, -0.05) is 55.8 Å². The van der Waals surface area contributed by atoms with Crippen LogP contribution in [0.3, 0.4) is 0 Å². The summed E-state index contributed by atoms with van der Waals surface area (Å²) in [5.41, 5.74) is 2.20. The van der Waals surface area contributed by atoms with Gasteiger partial charge in [0.05, 0.1) is 12.0 Å². The monoisotopic (exact) mass is 809 g/mol. The number of alkyl halides is 1. The minimum absolute atomic E-state index is 0.0212. The maximum atomic E-state index is 17.4. The molecule has 0 radical (unpaired) electrons. The van der Waals surface area contributed by atoms with Crippen molar-refractivity contribution in [1.29, 1.82) is 0 Å². The van der Waals surface area contributed by atoms with Crippen molar-refractivity contribution in [3.8, 4) is 0 Å². The summed E-state index contributed by atoms with van der Waals surface area (Å²) in [6.07, 6.45) is 7.13. The predicted octanol–water partition coefficient (Wildman–Crippen LogP) is 5.59. The number of aliphatic hydroxyl groups excluding tert-OH is 1. The smallest absolute Gasteiger partial charge is 0.306 e. The number of nitrogens with two attached hydrogens (primary N) is 1. The molecule has 0 aliphatic heterocycles. The van der Waals surface area contributed by atoms with E-state index in [0.717, 1.165) is 10.8 Å². The average molecular weight is 810 g/mol. The van der Waals surface area contributed by atoms with E-state index in [4.69, 9.17) is 15.2 Å². The first-order valence-corrected chi connectivity index (χ1v) is 20.4. The maximum absolute atomic E-state index is 17.4. The molecule has 0 unspecified atom stereocenters. The second-order valence-corrected chi connectivity index (χ2v) is 17.2. The van der Waals surface area contributed by atoms with Crippen LogP contribution < -0.4 is 11.1 Å². The zero-order valence-electron chi connectivity index (χ0n) is 33.6. The third-order valence-corrected chi connectivity index (χ3v) is 14.0. The molecule has 9 atom stereocenters. The lowest BCUT2D eigenvalue weighted by Crippen LogP contribution is -2.69. The Morgan fingerprint density at radius 1 is 1.02 bits per heavy atom. The number of anilines is 1. The molecule has 4 aliphatic carbocycles. The Labute approximate surface area is 342 Å². The van der Waals surface area contributed by atoms with E-state index in [1.807, 2.05) is 18.2 Å². The highest BCUT2D eigenvalue weighted by Crippen LogP contribution is 2.70. The number of hydrogen-bond acceptors (Lipinski definition) is 11. The van der Waals surface area contributed by atoms with E-state index >= 15 is 4.39 Å². The molecule has 59 heavy (non-hydrogen) atoms. The van der Waals surface area contributed by atoms with Crippen LogP contribution in [-0.2, 0) is 40.1 Å². The number of aliphatic hydroxyl groups is 2. The fraction of sp³-hybridized carbons (Fsp3) is 0.478. The number of benzene rings is 2. The molecular weight excluding hydrogens is 758 g/mol. The number of esters is 2. The number of nitrogens with zero attached hydrogens (tertiary/aromatic N) is 1. The quantitative estimate of drug-likeness (QED) is 0.157. The molecule has 1 aromatic heterocycles. The summed E-state index contributed by atoms with van der Waals surface area (Å²) in [5, 5.41) is 28.5. The van der Waals surface area contributed by atoms with Crippen LogP contribution in [0.5, 0.6) is 0 Å². The lowest BCUT2D eigenvalue weighted by Gasteiger charge is -2.62. The first-order chi connectivity index (χ1) is 28.0. The normalized spacial score (nSPS) is 31.3. The molecule has 3 fully saturated rings. The molecule has 1 amide bonds. The summed E-state index contributed by atoms with van der Waals surface area (Å²) in [7, 11) is 0. The maximum Gasteiger partial charge on any atom is 0.306 e. The van der Waals surface area contributed by atoms with Crippen LogP contribution in [0, 0.1) is 28.6 Å². The number of ether oxygens (including phenoxy) is 2. The van der Waals surface area contributed by atoms with Crippen molar-refractivity contribution in [2.75, 3.05) is 18.5 Å². The van der Waals surface area contributed by atoms with Crippen molar-refractivity contribution in [3.05, 3.63) is 95.9 Å². The lowest BCUT2D eigenvalue weighted by atomic mass is 9.44. The Balaban J connectivity index is 0.866. The van der Waals surface area contributed by atoms with Crippen molar-refractivity contribution in [3.63, 3.8) is 0 Å². The van der Waals surface area contributed by atoms with Gasteiger partial charge in [0.1, 0.15) is 12.2 Å². The van der Waals surface area contributed by atoms with Crippen molar-refractivity contribution in [2.24, 2.45) is 34.3 Å². The van der Waals surface area contributed by atoms with Crippen molar-refractivity contribution < 1.29 is 48.0 Å². The number of ketones is 2. The molecule has 5 N–H and O–H groups in total. The van der Waals surface area contributed by atoms with Gasteiger partial charge in [0.2, 0.25) is 11.7 Å². The summed E-state index contributed by atoms with van der Waals surface area (Å²) >= 11 is 0. The number of Topliss-reactive ketones (excluding diaryl/α,β-unsaturated/α-hetero) is 1. The molecule has 3 saturated carbocycles. The molecule has 13 heteroatoms. The van der Waals surface area contributed by atoms with Crippen LogP contribution in [0.15, 0.2) is 84.7 Å². The van der Waals surface area contributed by atoms with Crippen LogP contribution in [0.4, 0.5) is 10.1 Å². The number of aromatic nitrogens is 1. The van der Waals surface area contributed by atoms with Gasteiger partial charge in [0.15, 0.2) is 18.1 Å². The van der Waals surface area contributed by atoms with Gasteiger partial charge in [0, 0.05) is 59.6 Å². The van der Waals surface area contributed by atoms with Crippen molar-refractivity contribution in [2.45, 2.75) is 95.6 Å². The Hall–Kier alpha value is -5.11. The number of carbonyl (C=O) groups is 5. The van der Waals surface area contributed by atoms with E-state index in [0.29, 0.717) is 41.6 Å². The molecule has 12 nitrogen and oxygen atoms in total. The second kappa shape index (κ2) is 16.2. The van der Waals surface area contributed by atoms with Crippen LogP contribution in [-0.4, -0.2) is 75.1 Å². The predicted molar refractivity (Wildman–Crippen MR) is 216 cm³/mol. The zero-order chi connectivity index (χ0) is 42.3.